The van der Waals surface area contributed by atoms with Gasteiger partial charge in [0.2, 0.25) is 10.0 Å². The average molecular weight is 535 g/mol. The zero-order chi connectivity index (χ0) is 26.3. The number of benzene rings is 2. The van der Waals surface area contributed by atoms with Crippen molar-refractivity contribution in [2.45, 2.75) is 31.2 Å². The molecule has 0 radical (unpaired) electrons. The molecule has 0 unspecified atom stereocenters. The Kier molecular flexibility index (Phi) is 9.85. The van der Waals surface area contributed by atoms with E-state index in [1.807, 2.05) is 25.1 Å². The van der Waals surface area contributed by atoms with E-state index < -0.39 is 20.2 Å². The monoisotopic (exact) mass is 534 g/mol. The van der Waals surface area contributed by atoms with Crippen LogP contribution in [0.25, 0.3) is 0 Å². The van der Waals surface area contributed by atoms with Crippen LogP contribution in [0.3, 0.4) is 0 Å². The second kappa shape index (κ2) is 12.4. The number of hydrogen-bond donors (Lipinski definition) is 0. The van der Waals surface area contributed by atoms with Crippen LogP contribution >= 0.6 is 0 Å². The fourth-order valence-corrected chi connectivity index (χ4v) is 6.92. The molecule has 2 aromatic rings. The van der Waals surface area contributed by atoms with Gasteiger partial charge < -0.3 is 0 Å². The molecule has 0 aliphatic carbocycles. The van der Waals surface area contributed by atoms with Crippen molar-refractivity contribution >= 4 is 20.2 Å². The normalized spacial score (nSPS) is 18.6. The Bertz CT molecular complexity index is 1210. The van der Waals surface area contributed by atoms with Crippen LogP contribution in [-0.2, 0) is 26.8 Å². The van der Waals surface area contributed by atoms with Crippen molar-refractivity contribution in [1.82, 2.24) is 17.8 Å². The lowest BCUT2D eigenvalue weighted by Gasteiger charge is -2.31. The summed E-state index contributed by atoms with van der Waals surface area (Å²) in [6, 6.07) is 16.9. The molecule has 1 aliphatic heterocycles. The van der Waals surface area contributed by atoms with Crippen LogP contribution in [0, 0.1) is 6.92 Å². The Labute approximate surface area is 217 Å². The molecule has 2 aromatic carbocycles. The molecule has 0 saturated carbocycles. The first kappa shape index (κ1) is 28.5. The van der Waals surface area contributed by atoms with Gasteiger partial charge in [-0.15, -0.1) is 0 Å². The molecule has 8 nitrogen and oxygen atoms in total. The molecule has 1 saturated heterocycles. The summed E-state index contributed by atoms with van der Waals surface area (Å²) in [4.78, 5) is 2.50. The Morgan fingerprint density at radius 1 is 0.806 bits per heavy atom. The predicted octanol–water partition coefficient (Wildman–Crippen LogP) is 2.95. The van der Waals surface area contributed by atoms with Crippen molar-refractivity contribution in [2.24, 2.45) is 0 Å². The van der Waals surface area contributed by atoms with Crippen LogP contribution in [0.2, 0.25) is 0 Å². The quantitative estimate of drug-likeness (QED) is 0.533. The molecule has 36 heavy (non-hydrogen) atoms. The molecule has 10 heteroatoms. The Hall–Kier alpha value is -2.08. The number of nitrogens with zero attached hydrogens (tertiary/aromatic N) is 4. The summed E-state index contributed by atoms with van der Waals surface area (Å²) in [5, 5.41) is 0. The van der Waals surface area contributed by atoms with E-state index in [1.165, 1.54) is 32.6 Å². The van der Waals surface area contributed by atoms with Crippen LogP contribution < -0.4 is 0 Å². The first-order valence-electron chi connectivity index (χ1n) is 12.2. The van der Waals surface area contributed by atoms with Gasteiger partial charge in [0.25, 0.3) is 10.2 Å². The third kappa shape index (κ3) is 7.47. The van der Waals surface area contributed by atoms with Gasteiger partial charge in [-0.1, -0.05) is 54.6 Å². The Morgan fingerprint density at radius 3 is 1.94 bits per heavy atom. The SMILES string of the molecule is C=C1CN(S(=O)(=O)c2ccc(C)cc2)CCCN(Cc2ccccc2)CCCN(S(=O)(=O)N(C)C)C1. The van der Waals surface area contributed by atoms with E-state index in [2.05, 4.69) is 23.6 Å². The highest BCUT2D eigenvalue weighted by molar-refractivity contribution is 7.89. The van der Waals surface area contributed by atoms with E-state index in [0.717, 1.165) is 12.1 Å². The highest BCUT2D eigenvalue weighted by atomic mass is 32.2. The van der Waals surface area contributed by atoms with E-state index in [9.17, 15) is 16.8 Å². The lowest BCUT2D eigenvalue weighted by molar-refractivity contribution is 0.236. The van der Waals surface area contributed by atoms with Gasteiger partial charge in [0.1, 0.15) is 0 Å². The minimum absolute atomic E-state index is 0.0638. The molecule has 1 fully saturated rings. The molecule has 0 aromatic heterocycles. The van der Waals surface area contributed by atoms with E-state index in [-0.39, 0.29) is 18.0 Å². The highest BCUT2D eigenvalue weighted by Gasteiger charge is 2.29. The van der Waals surface area contributed by atoms with Gasteiger partial charge in [0, 0.05) is 46.8 Å². The van der Waals surface area contributed by atoms with E-state index in [1.54, 1.807) is 24.3 Å². The standard InChI is InChI=1S/C26H38N4O4S2/c1-23-12-14-26(15-13-23)35(31,32)29-18-8-16-28(22-25-10-6-5-7-11-25)17-9-19-30(21-24(2)20-29)36(33,34)27(3)4/h5-7,10-15H,2,8-9,16-22H2,1,3-4H3. The lowest BCUT2D eigenvalue weighted by Crippen LogP contribution is -2.44. The Morgan fingerprint density at radius 2 is 1.36 bits per heavy atom. The number of sulfonamides is 1. The molecule has 0 atom stereocenters. The summed E-state index contributed by atoms with van der Waals surface area (Å²) < 4.78 is 57.2. The summed E-state index contributed by atoms with van der Waals surface area (Å²) in [6.07, 6.45) is 1.32. The maximum Gasteiger partial charge on any atom is 0.281 e. The first-order valence-corrected chi connectivity index (χ1v) is 15.0. The minimum atomic E-state index is -3.77. The zero-order valence-corrected chi connectivity index (χ0v) is 23.1. The lowest BCUT2D eigenvalue weighted by atomic mass is 10.2. The number of rotatable bonds is 6. The van der Waals surface area contributed by atoms with Crippen molar-refractivity contribution in [3.8, 4) is 0 Å². The molecule has 1 aliphatic rings. The van der Waals surface area contributed by atoms with Gasteiger partial charge in [0.15, 0.2) is 0 Å². The fourth-order valence-electron chi connectivity index (χ4n) is 4.25. The van der Waals surface area contributed by atoms with Crippen LogP contribution in [0.15, 0.2) is 71.6 Å². The molecule has 198 valence electrons. The molecule has 0 spiro atoms. The van der Waals surface area contributed by atoms with Gasteiger partial charge in [-0.2, -0.15) is 21.3 Å². The summed E-state index contributed by atoms with van der Waals surface area (Å²) >= 11 is 0. The average Bonchev–Trinajstić information content (AvgIpc) is 2.82. The molecule has 0 bridgehead atoms. The molecule has 1 heterocycles. The predicted molar refractivity (Wildman–Crippen MR) is 144 cm³/mol. The zero-order valence-electron chi connectivity index (χ0n) is 21.5. The Balaban J connectivity index is 1.89. The van der Waals surface area contributed by atoms with Crippen molar-refractivity contribution in [3.63, 3.8) is 0 Å². The maximum atomic E-state index is 13.6. The topological polar surface area (TPSA) is 81.2 Å². The third-order valence-electron chi connectivity index (χ3n) is 6.26. The van der Waals surface area contributed by atoms with E-state index >= 15 is 0 Å². The van der Waals surface area contributed by atoms with Gasteiger partial charge in [-0.05, 0) is 56.1 Å². The number of hydrogen-bond acceptors (Lipinski definition) is 5. The van der Waals surface area contributed by atoms with Gasteiger partial charge in [-0.25, -0.2) is 8.42 Å². The van der Waals surface area contributed by atoms with Crippen molar-refractivity contribution in [2.75, 3.05) is 53.4 Å². The third-order valence-corrected chi connectivity index (χ3v) is 10.0. The molecular formula is C26H38N4O4S2. The first-order chi connectivity index (χ1) is 17.0. The summed E-state index contributed by atoms with van der Waals surface area (Å²) in [6.45, 7) is 8.88. The van der Waals surface area contributed by atoms with Crippen LogP contribution in [0.5, 0.6) is 0 Å². The molecule has 0 N–H and O–H groups in total. The van der Waals surface area contributed by atoms with E-state index in [4.69, 9.17) is 0 Å². The minimum Gasteiger partial charge on any atom is -0.299 e. The molecule has 3 rings (SSSR count). The second-order valence-corrected chi connectivity index (χ2v) is 13.6. The van der Waals surface area contributed by atoms with Crippen LogP contribution in [0.4, 0.5) is 0 Å². The van der Waals surface area contributed by atoms with E-state index in [0.29, 0.717) is 44.6 Å². The van der Waals surface area contributed by atoms with Crippen molar-refractivity contribution in [1.29, 1.82) is 0 Å². The van der Waals surface area contributed by atoms with Crippen LogP contribution in [-0.4, -0.2) is 88.0 Å². The van der Waals surface area contributed by atoms with Crippen LogP contribution in [0.1, 0.15) is 24.0 Å². The van der Waals surface area contributed by atoms with Gasteiger partial charge in [0.05, 0.1) is 4.90 Å². The maximum absolute atomic E-state index is 13.6. The second-order valence-electron chi connectivity index (χ2n) is 9.49. The highest BCUT2D eigenvalue weighted by Crippen LogP contribution is 2.20. The summed E-state index contributed by atoms with van der Waals surface area (Å²) in [5.41, 5.74) is 2.69. The molecular weight excluding hydrogens is 496 g/mol. The fraction of sp³-hybridized carbons (Fsp3) is 0.462. The van der Waals surface area contributed by atoms with Crippen molar-refractivity contribution in [3.05, 3.63) is 77.9 Å². The number of aryl methyl sites for hydroxylation is 1. The van der Waals surface area contributed by atoms with Crippen molar-refractivity contribution < 1.29 is 16.8 Å². The molecule has 0 amide bonds. The van der Waals surface area contributed by atoms with Gasteiger partial charge in [-0.3, -0.25) is 4.90 Å². The largest absolute Gasteiger partial charge is 0.299 e. The smallest absolute Gasteiger partial charge is 0.281 e. The summed E-state index contributed by atoms with van der Waals surface area (Å²) in [7, 11) is -4.45. The van der Waals surface area contributed by atoms with Gasteiger partial charge >= 0.3 is 0 Å². The summed E-state index contributed by atoms with van der Waals surface area (Å²) in [5.74, 6) is 0.